The average Bonchev–Trinajstić information content (AvgIpc) is 2.96. The van der Waals surface area contributed by atoms with Gasteiger partial charge in [-0.1, -0.05) is 25.4 Å². The molecule has 114 valence electrons. The van der Waals surface area contributed by atoms with Crippen molar-refractivity contribution in [2.75, 3.05) is 6.61 Å². The third-order valence-electron chi connectivity index (χ3n) is 3.22. The summed E-state index contributed by atoms with van der Waals surface area (Å²) in [5, 5.41) is 14.2. The van der Waals surface area contributed by atoms with Crippen LogP contribution in [0.15, 0.2) is 17.7 Å². The van der Waals surface area contributed by atoms with Crippen molar-refractivity contribution in [1.29, 1.82) is 0 Å². The lowest BCUT2D eigenvalue weighted by atomic mass is 10.0. The molecule has 0 saturated carbocycles. The summed E-state index contributed by atoms with van der Waals surface area (Å²) < 4.78 is 1.84. The molecule has 2 rings (SSSR count). The quantitative estimate of drug-likeness (QED) is 0.801. The Bertz CT molecular complexity index is 648. The monoisotopic (exact) mass is 327 g/mol. The molecule has 2 N–H and O–H groups in total. The van der Waals surface area contributed by atoms with E-state index in [4.69, 9.17) is 16.7 Å². The second-order valence-corrected chi connectivity index (χ2v) is 6.28. The summed E-state index contributed by atoms with van der Waals surface area (Å²) in [6.45, 7) is 4.07. The van der Waals surface area contributed by atoms with E-state index in [2.05, 4.69) is 10.3 Å². The maximum Gasteiger partial charge on any atom is 0.244 e. The third-order valence-corrected chi connectivity index (χ3v) is 4.25. The van der Waals surface area contributed by atoms with Gasteiger partial charge in [-0.2, -0.15) is 0 Å². The Kier molecular flexibility index (Phi) is 5.39. The van der Waals surface area contributed by atoms with E-state index in [0.29, 0.717) is 17.3 Å². The normalized spacial score (nSPS) is 13.4. The molecule has 1 unspecified atom stereocenters. The maximum atomic E-state index is 12.0. The van der Waals surface area contributed by atoms with Crippen LogP contribution in [0, 0.1) is 5.92 Å². The number of carbonyl (C=O) groups is 1. The summed E-state index contributed by atoms with van der Waals surface area (Å²) in [6, 6.07) is -0.0470. The molecule has 0 aliphatic carbocycles. The Morgan fingerprint density at radius 1 is 1.62 bits per heavy atom. The number of amides is 1. The molecule has 0 aliphatic heterocycles. The van der Waals surface area contributed by atoms with E-state index in [1.165, 1.54) is 17.4 Å². The first-order valence-electron chi connectivity index (χ1n) is 6.73. The van der Waals surface area contributed by atoms with Gasteiger partial charge in [-0.05, 0) is 18.4 Å². The number of nitrogens with zero attached hydrogens (tertiary/aromatic N) is 2. The van der Waals surface area contributed by atoms with Crippen molar-refractivity contribution in [3.8, 4) is 0 Å². The number of hydrogen-bond acceptors (Lipinski definition) is 4. The number of carbonyl (C=O) groups excluding carboxylic acids is 1. The van der Waals surface area contributed by atoms with E-state index in [1.54, 1.807) is 6.08 Å². The summed E-state index contributed by atoms with van der Waals surface area (Å²) in [6.07, 6.45) is 5.50. The fourth-order valence-electron chi connectivity index (χ4n) is 2.02. The average molecular weight is 328 g/mol. The Labute approximate surface area is 132 Å². The Morgan fingerprint density at radius 3 is 3.05 bits per heavy atom. The number of aliphatic hydroxyl groups excluding tert-OH is 1. The van der Waals surface area contributed by atoms with E-state index in [1.807, 2.05) is 29.8 Å². The van der Waals surface area contributed by atoms with Gasteiger partial charge < -0.3 is 10.4 Å². The van der Waals surface area contributed by atoms with Crippen LogP contribution in [0.1, 0.15) is 26.0 Å². The first kappa shape index (κ1) is 16.0. The number of imidazole rings is 1. The van der Waals surface area contributed by atoms with Crippen molar-refractivity contribution in [2.45, 2.75) is 26.3 Å². The third kappa shape index (κ3) is 3.84. The molecule has 0 aromatic carbocycles. The molecule has 2 heterocycles. The zero-order chi connectivity index (χ0) is 15.4. The van der Waals surface area contributed by atoms with Crippen LogP contribution in [-0.4, -0.2) is 33.0 Å². The number of halogens is 1. The molecule has 0 aliphatic rings. The molecule has 0 fully saturated rings. The highest BCUT2D eigenvalue weighted by Gasteiger charge is 2.14. The Morgan fingerprint density at radius 2 is 2.38 bits per heavy atom. The number of nitrogens with one attached hydrogen (secondary N) is 1. The summed E-state index contributed by atoms with van der Waals surface area (Å²) in [4.78, 5) is 17.0. The summed E-state index contributed by atoms with van der Waals surface area (Å²) >= 11 is 7.54. The number of rotatable bonds is 6. The van der Waals surface area contributed by atoms with E-state index >= 15 is 0 Å². The standard InChI is InChI=1S/C14H18ClN3O2S/c1-9(2)10(5-7-19)16-12(20)4-3-11-13(15)17-14-18(11)6-8-21-14/h3-4,6,8-10,19H,5,7H2,1-2H3,(H,16,20)/b4-3+. The molecular weight excluding hydrogens is 310 g/mol. The van der Waals surface area contributed by atoms with Crippen molar-refractivity contribution < 1.29 is 9.90 Å². The van der Waals surface area contributed by atoms with Crippen molar-refractivity contribution in [3.63, 3.8) is 0 Å². The maximum absolute atomic E-state index is 12.0. The van der Waals surface area contributed by atoms with E-state index < -0.39 is 0 Å². The lowest BCUT2D eigenvalue weighted by Crippen LogP contribution is -2.38. The van der Waals surface area contributed by atoms with Crippen LogP contribution >= 0.6 is 22.9 Å². The fourth-order valence-corrected chi connectivity index (χ4v) is 3.03. The predicted molar refractivity (Wildman–Crippen MR) is 85.6 cm³/mol. The van der Waals surface area contributed by atoms with Crippen LogP contribution in [-0.2, 0) is 4.79 Å². The van der Waals surface area contributed by atoms with Crippen LogP contribution in [0.3, 0.4) is 0 Å². The highest BCUT2D eigenvalue weighted by molar-refractivity contribution is 7.15. The Hall–Kier alpha value is -1.37. The highest BCUT2D eigenvalue weighted by atomic mass is 35.5. The van der Waals surface area contributed by atoms with Gasteiger partial charge in [0, 0.05) is 30.3 Å². The minimum Gasteiger partial charge on any atom is -0.396 e. The molecule has 21 heavy (non-hydrogen) atoms. The van der Waals surface area contributed by atoms with Crippen molar-refractivity contribution in [2.24, 2.45) is 5.92 Å². The molecule has 0 bridgehead atoms. The molecule has 0 spiro atoms. The van der Waals surface area contributed by atoms with Crippen LogP contribution < -0.4 is 5.32 Å². The van der Waals surface area contributed by atoms with Gasteiger partial charge in [0.15, 0.2) is 10.1 Å². The number of aromatic nitrogens is 2. The van der Waals surface area contributed by atoms with Gasteiger partial charge in [-0.25, -0.2) is 4.98 Å². The second-order valence-electron chi connectivity index (χ2n) is 5.05. The SMILES string of the molecule is CC(C)C(CCO)NC(=O)/C=C/c1c(Cl)nc2sccn12. The molecule has 0 radical (unpaired) electrons. The minimum absolute atomic E-state index is 0.0470. The zero-order valence-corrected chi connectivity index (χ0v) is 13.5. The molecule has 0 saturated heterocycles. The lowest BCUT2D eigenvalue weighted by Gasteiger charge is -2.20. The molecule has 1 amide bonds. The van der Waals surface area contributed by atoms with Crippen molar-refractivity contribution >= 4 is 39.9 Å². The molecule has 2 aromatic rings. The number of thiazole rings is 1. The topological polar surface area (TPSA) is 66.6 Å². The van der Waals surface area contributed by atoms with Crippen LogP contribution in [0.4, 0.5) is 0 Å². The first-order chi connectivity index (χ1) is 10.0. The van der Waals surface area contributed by atoms with Crippen LogP contribution in [0.25, 0.3) is 11.0 Å². The minimum atomic E-state index is -0.205. The molecular formula is C14H18ClN3O2S. The van der Waals surface area contributed by atoms with Crippen LogP contribution in [0.5, 0.6) is 0 Å². The number of hydrogen-bond donors (Lipinski definition) is 2. The predicted octanol–water partition coefficient (Wildman–Crippen LogP) is 2.59. The van der Waals surface area contributed by atoms with Gasteiger partial charge in [-0.15, -0.1) is 11.3 Å². The summed E-state index contributed by atoms with van der Waals surface area (Å²) in [7, 11) is 0. The lowest BCUT2D eigenvalue weighted by molar-refractivity contribution is -0.117. The Balaban J connectivity index is 2.08. The second kappa shape index (κ2) is 7.06. The summed E-state index contributed by atoms with van der Waals surface area (Å²) in [5.41, 5.74) is 0.686. The van der Waals surface area contributed by atoms with Crippen molar-refractivity contribution in [3.05, 3.63) is 28.5 Å². The zero-order valence-electron chi connectivity index (χ0n) is 11.9. The van der Waals surface area contributed by atoms with Gasteiger partial charge in [0.05, 0.1) is 5.69 Å². The van der Waals surface area contributed by atoms with Gasteiger partial charge >= 0.3 is 0 Å². The van der Waals surface area contributed by atoms with Gasteiger partial charge in [0.1, 0.15) is 0 Å². The van der Waals surface area contributed by atoms with E-state index in [0.717, 1.165) is 4.96 Å². The summed E-state index contributed by atoms with van der Waals surface area (Å²) in [5.74, 6) is 0.0556. The number of fused-ring (bicyclic) bond motifs is 1. The van der Waals surface area contributed by atoms with Crippen LogP contribution in [0.2, 0.25) is 5.15 Å². The smallest absolute Gasteiger partial charge is 0.244 e. The van der Waals surface area contributed by atoms with E-state index in [9.17, 15) is 4.79 Å². The highest BCUT2D eigenvalue weighted by Crippen LogP contribution is 2.22. The van der Waals surface area contributed by atoms with Crippen molar-refractivity contribution in [1.82, 2.24) is 14.7 Å². The largest absolute Gasteiger partial charge is 0.396 e. The number of aliphatic hydroxyl groups is 1. The van der Waals surface area contributed by atoms with Gasteiger partial charge in [0.2, 0.25) is 5.91 Å². The molecule has 5 nitrogen and oxygen atoms in total. The first-order valence-corrected chi connectivity index (χ1v) is 7.99. The molecule has 2 aromatic heterocycles. The molecule has 1 atom stereocenters. The van der Waals surface area contributed by atoms with E-state index in [-0.39, 0.29) is 24.5 Å². The van der Waals surface area contributed by atoms with Gasteiger partial charge in [-0.3, -0.25) is 9.20 Å². The fraction of sp³-hybridized carbons (Fsp3) is 0.429. The van der Waals surface area contributed by atoms with Gasteiger partial charge in [0.25, 0.3) is 0 Å². The molecule has 7 heteroatoms.